The summed E-state index contributed by atoms with van der Waals surface area (Å²) in [5.74, 6) is 0.862. The first-order valence-corrected chi connectivity index (χ1v) is 7.01. The second-order valence-electron chi connectivity index (χ2n) is 6.22. The average molecular weight is 277 g/mol. The number of pyridine rings is 1. The number of aromatic nitrogens is 1. The lowest BCUT2D eigenvalue weighted by Gasteiger charge is -2.24. The molecule has 1 saturated heterocycles. The van der Waals surface area contributed by atoms with Crippen molar-refractivity contribution in [1.82, 2.24) is 9.88 Å². The van der Waals surface area contributed by atoms with Crippen LogP contribution in [0.1, 0.15) is 32.9 Å². The van der Waals surface area contributed by atoms with Gasteiger partial charge in [-0.05, 0) is 46.2 Å². The number of aryl methyl sites for hydroxylation is 1. The van der Waals surface area contributed by atoms with Crippen molar-refractivity contribution in [3.63, 3.8) is 0 Å². The number of carbonyl (C=O) groups excluding carboxylic acids is 1. The molecule has 5 nitrogen and oxygen atoms in total. The second kappa shape index (κ2) is 5.69. The van der Waals surface area contributed by atoms with Gasteiger partial charge >= 0.3 is 6.09 Å². The topological polar surface area (TPSA) is 54.5 Å². The fourth-order valence-electron chi connectivity index (χ4n) is 2.20. The molecule has 110 valence electrons. The van der Waals surface area contributed by atoms with E-state index in [0.29, 0.717) is 6.54 Å². The predicted octanol–water partition coefficient (Wildman–Crippen LogP) is 2.81. The molecule has 2 rings (SSSR count). The molecule has 0 unspecified atom stereocenters. The van der Waals surface area contributed by atoms with Gasteiger partial charge in [0.2, 0.25) is 0 Å². The third kappa shape index (κ3) is 4.11. The second-order valence-corrected chi connectivity index (χ2v) is 6.22. The van der Waals surface area contributed by atoms with E-state index >= 15 is 0 Å². The smallest absolute Gasteiger partial charge is 0.410 e. The quantitative estimate of drug-likeness (QED) is 0.903. The van der Waals surface area contributed by atoms with E-state index in [-0.39, 0.29) is 12.1 Å². The summed E-state index contributed by atoms with van der Waals surface area (Å²) in [5.41, 5.74) is 0.540. The lowest BCUT2D eigenvalue weighted by Crippen LogP contribution is -2.36. The van der Waals surface area contributed by atoms with Gasteiger partial charge in [0.25, 0.3) is 0 Å². The van der Waals surface area contributed by atoms with Gasteiger partial charge in [0, 0.05) is 24.8 Å². The van der Waals surface area contributed by atoms with Gasteiger partial charge in [-0.15, -0.1) is 0 Å². The lowest BCUT2D eigenvalue weighted by atomic mass is 10.2. The first-order valence-electron chi connectivity index (χ1n) is 7.01. The molecule has 2 heterocycles. The molecule has 5 heteroatoms. The molecule has 0 radical (unpaired) electrons. The van der Waals surface area contributed by atoms with E-state index in [4.69, 9.17) is 4.74 Å². The van der Waals surface area contributed by atoms with Gasteiger partial charge < -0.3 is 15.0 Å². The summed E-state index contributed by atoms with van der Waals surface area (Å²) in [6.45, 7) is 8.99. The Balaban J connectivity index is 1.88. The highest BCUT2D eigenvalue weighted by Crippen LogP contribution is 2.18. The standard InChI is InChI=1S/C15H23N3O2/c1-11-6-5-7-13(16-11)17-12-8-9-18(10-12)14(19)20-15(2,3)4/h5-7,12H,8-10H2,1-4H3,(H,16,17)/t12-/m0/s1. The van der Waals surface area contributed by atoms with Gasteiger partial charge in [-0.2, -0.15) is 0 Å². The van der Waals surface area contributed by atoms with Gasteiger partial charge in [0.15, 0.2) is 0 Å². The molecule has 0 bridgehead atoms. The molecule has 20 heavy (non-hydrogen) atoms. The SMILES string of the molecule is Cc1cccc(N[C@H]2CCN(C(=O)OC(C)(C)C)C2)n1. The van der Waals surface area contributed by atoms with Crippen LogP contribution in [-0.2, 0) is 4.74 Å². The maximum absolute atomic E-state index is 12.0. The highest BCUT2D eigenvalue weighted by Gasteiger charge is 2.29. The zero-order chi connectivity index (χ0) is 14.8. The summed E-state index contributed by atoms with van der Waals surface area (Å²) in [5, 5.41) is 3.37. The maximum Gasteiger partial charge on any atom is 0.410 e. The fourth-order valence-corrected chi connectivity index (χ4v) is 2.20. The van der Waals surface area contributed by atoms with Crippen molar-refractivity contribution in [2.75, 3.05) is 18.4 Å². The molecule has 1 aromatic rings. The van der Waals surface area contributed by atoms with Crippen molar-refractivity contribution in [2.24, 2.45) is 0 Å². The van der Waals surface area contributed by atoms with Gasteiger partial charge in [-0.3, -0.25) is 0 Å². The van der Waals surface area contributed by atoms with E-state index in [2.05, 4.69) is 10.3 Å². The van der Waals surface area contributed by atoms with Crippen LogP contribution in [0, 0.1) is 6.92 Å². The Kier molecular flexibility index (Phi) is 4.16. The molecule has 1 N–H and O–H groups in total. The molecule has 0 aliphatic carbocycles. The molecule has 1 aliphatic rings. The van der Waals surface area contributed by atoms with Crippen molar-refractivity contribution >= 4 is 11.9 Å². The molecule has 1 amide bonds. The van der Waals surface area contributed by atoms with Crippen LogP contribution in [0.2, 0.25) is 0 Å². The number of hydrogen-bond donors (Lipinski definition) is 1. The summed E-state index contributed by atoms with van der Waals surface area (Å²) in [6.07, 6.45) is 0.675. The Bertz CT molecular complexity index is 482. The van der Waals surface area contributed by atoms with Crippen molar-refractivity contribution in [2.45, 2.75) is 45.8 Å². The van der Waals surface area contributed by atoms with Crippen LogP contribution >= 0.6 is 0 Å². The van der Waals surface area contributed by atoms with E-state index in [0.717, 1.165) is 24.5 Å². The lowest BCUT2D eigenvalue weighted by molar-refractivity contribution is 0.0293. The summed E-state index contributed by atoms with van der Waals surface area (Å²) >= 11 is 0. The number of likely N-dealkylation sites (tertiary alicyclic amines) is 1. The molecule has 0 spiro atoms. The van der Waals surface area contributed by atoms with E-state index in [1.165, 1.54) is 0 Å². The number of amides is 1. The van der Waals surface area contributed by atoms with E-state index in [1.54, 1.807) is 4.90 Å². The summed E-state index contributed by atoms with van der Waals surface area (Å²) in [4.78, 5) is 18.1. The van der Waals surface area contributed by atoms with Gasteiger partial charge in [0.05, 0.1) is 0 Å². The third-order valence-corrected chi connectivity index (χ3v) is 3.08. The van der Waals surface area contributed by atoms with E-state index in [9.17, 15) is 4.79 Å². The zero-order valence-electron chi connectivity index (χ0n) is 12.6. The molecule has 0 saturated carbocycles. The number of nitrogens with one attached hydrogen (secondary N) is 1. The summed E-state index contributed by atoms with van der Waals surface area (Å²) in [6, 6.07) is 6.12. The number of nitrogens with zero attached hydrogens (tertiary/aromatic N) is 2. The normalized spacial score (nSPS) is 19.0. The number of rotatable bonds is 2. The Hall–Kier alpha value is -1.78. The van der Waals surface area contributed by atoms with E-state index < -0.39 is 5.60 Å². The summed E-state index contributed by atoms with van der Waals surface area (Å²) in [7, 11) is 0. The first kappa shape index (κ1) is 14.6. The Morgan fingerprint density at radius 2 is 2.20 bits per heavy atom. The van der Waals surface area contributed by atoms with Crippen LogP contribution in [0.4, 0.5) is 10.6 Å². The molecule has 1 fully saturated rings. The number of carbonyl (C=O) groups is 1. The minimum atomic E-state index is -0.444. The first-order chi connectivity index (χ1) is 9.33. The molecular formula is C15H23N3O2. The molecule has 1 aliphatic heterocycles. The Morgan fingerprint density at radius 1 is 1.45 bits per heavy atom. The Morgan fingerprint density at radius 3 is 2.85 bits per heavy atom. The maximum atomic E-state index is 12.0. The molecular weight excluding hydrogens is 254 g/mol. The van der Waals surface area contributed by atoms with Crippen molar-refractivity contribution in [3.05, 3.63) is 23.9 Å². The van der Waals surface area contributed by atoms with Crippen LogP contribution < -0.4 is 5.32 Å². The van der Waals surface area contributed by atoms with Crippen LogP contribution in [0.15, 0.2) is 18.2 Å². The minimum absolute atomic E-state index is 0.233. The van der Waals surface area contributed by atoms with Crippen LogP contribution in [0.25, 0.3) is 0 Å². The number of hydrogen-bond acceptors (Lipinski definition) is 4. The minimum Gasteiger partial charge on any atom is -0.444 e. The van der Waals surface area contributed by atoms with Crippen molar-refractivity contribution < 1.29 is 9.53 Å². The van der Waals surface area contributed by atoms with E-state index in [1.807, 2.05) is 45.9 Å². The molecule has 1 aromatic heterocycles. The largest absolute Gasteiger partial charge is 0.444 e. The summed E-state index contributed by atoms with van der Waals surface area (Å²) < 4.78 is 5.38. The average Bonchev–Trinajstić information content (AvgIpc) is 2.75. The fraction of sp³-hybridized carbons (Fsp3) is 0.600. The van der Waals surface area contributed by atoms with Gasteiger partial charge in [0.1, 0.15) is 11.4 Å². The van der Waals surface area contributed by atoms with Crippen molar-refractivity contribution in [3.8, 4) is 0 Å². The molecule has 0 aromatic carbocycles. The van der Waals surface area contributed by atoms with Crippen LogP contribution in [-0.4, -0.2) is 40.7 Å². The molecule has 1 atom stereocenters. The van der Waals surface area contributed by atoms with Crippen molar-refractivity contribution in [1.29, 1.82) is 0 Å². The van der Waals surface area contributed by atoms with Gasteiger partial charge in [-0.25, -0.2) is 9.78 Å². The predicted molar refractivity (Wildman–Crippen MR) is 78.8 cm³/mol. The number of anilines is 1. The number of ether oxygens (including phenoxy) is 1. The zero-order valence-corrected chi connectivity index (χ0v) is 12.6. The van der Waals surface area contributed by atoms with Gasteiger partial charge in [-0.1, -0.05) is 6.07 Å². The monoisotopic (exact) mass is 277 g/mol. The van der Waals surface area contributed by atoms with Crippen LogP contribution in [0.3, 0.4) is 0 Å². The Labute approximate surface area is 120 Å². The third-order valence-electron chi connectivity index (χ3n) is 3.08. The highest BCUT2D eigenvalue weighted by atomic mass is 16.6. The van der Waals surface area contributed by atoms with Crippen LogP contribution in [0.5, 0.6) is 0 Å². The highest BCUT2D eigenvalue weighted by molar-refractivity contribution is 5.68.